The summed E-state index contributed by atoms with van der Waals surface area (Å²) in [4.78, 5) is 0. The van der Waals surface area contributed by atoms with Crippen LogP contribution in [0, 0.1) is 13.8 Å². The topological polar surface area (TPSA) is 13.1 Å². The zero-order valence-electron chi connectivity index (χ0n) is 7.30. The van der Waals surface area contributed by atoms with Crippen LogP contribution in [0.15, 0.2) is 18.2 Å². The van der Waals surface area contributed by atoms with Gasteiger partial charge in [-0.25, -0.2) is 0 Å². The summed E-state index contributed by atoms with van der Waals surface area (Å²) in [7, 11) is -5.26. The van der Waals surface area contributed by atoms with E-state index in [1.165, 1.54) is 0 Å². The molecule has 0 amide bonds. The van der Waals surface area contributed by atoms with E-state index in [1.807, 2.05) is 0 Å². The van der Waals surface area contributed by atoms with Crippen LogP contribution in [0.4, 0.5) is 12.9 Å². The highest BCUT2D eigenvalue weighted by atomic mass is 19.4. The third kappa shape index (κ3) is 2.64. The molecule has 1 rings (SSSR count). The molecule has 0 saturated carbocycles. The molecule has 0 aliphatic heterocycles. The lowest BCUT2D eigenvalue weighted by atomic mass is 10.3. The SMILES string of the molecule is Cc1cccc(C)[n+]1O[B-](F)(F)F. The Balaban J connectivity index is 3.00. The fourth-order valence-corrected chi connectivity index (χ4v) is 1.03. The van der Waals surface area contributed by atoms with Crippen LogP contribution in [0.25, 0.3) is 0 Å². The van der Waals surface area contributed by atoms with Crippen molar-refractivity contribution >= 4 is 7.18 Å². The zero-order valence-corrected chi connectivity index (χ0v) is 7.30. The average Bonchev–Trinajstić information content (AvgIpc) is 1.95. The standard InChI is InChI=1S/C7H9BF3NO/c1-6-4-3-5-7(2)12(6)13-8(9,10)11/h3-5H,1-2H3. The molecule has 0 aliphatic rings. The molecule has 1 aromatic rings. The Morgan fingerprint density at radius 1 is 1.15 bits per heavy atom. The van der Waals surface area contributed by atoms with Gasteiger partial charge in [0.05, 0.1) is 0 Å². The average molecular weight is 191 g/mol. The number of pyridine rings is 1. The van der Waals surface area contributed by atoms with Crippen LogP contribution in [-0.4, -0.2) is 7.18 Å². The Morgan fingerprint density at radius 2 is 1.62 bits per heavy atom. The van der Waals surface area contributed by atoms with Crippen molar-refractivity contribution in [3.05, 3.63) is 29.6 Å². The van der Waals surface area contributed by atoms with E-state index in [2.05, 4.69) is 4.76 Å². The third-order valence-corrected chi connectivity index (χ3v) is 1.54. The molecule has 2 nitrogen and oxygen atoms in total. The van der Waals surface area contributed by atoms with E-state index in [9.17, 15) is 12.9 Å². The van der Waals surface area contributed by atoms with Crippen molar-refractivity contribution in [2.45, 2.75) is 13.8 Å². The first-order valence-corrected chi connectivity index (χ1v) is 3.76. The molecule has 0 aliphatic carbocycles. The van der Waals surface area contributed by atoms with E-state index in [0.29, 0.717) is 11.4 Å². The summed E-state index contributed by atoms with van der Waals surface area (Å²) in [5, 5.41) is 0. The highest BCUT2D eigenvalue weighted by Crippen LogP contribution is 2.04. The predicted molar refractivity (Wildman–Crippen MR) is 41.8 cm³/mol. The molecular formula is C7H9BF3NO. The van der Waals surface area contributed by atoms with Crippen LogP contribution in [0.3, 0.4) is 0 Å². The summed E-state index contributed by atoms with van der Waals surface area (Å²) in [5.74, 6) is 0. The van der Waals surface area contributed by atoms with Crippen LogP contribution in [-0.2, 0) is 0 Å². The number of nitrogens with zero attached hydrogens (tertiary/aromatic N) is 1. The molecule has 1 heterocycles. The second-order valence-corrected chi connectivity index (χ2v) is 2.72. The minimum atomic E-state index is -5.26. The molecule has 72 valence electrons. The van der Waals surface area contributed by atoms with Gasteiger partial charge in [0, 0.05) is 26.0 Å². The molecule has 13 heavy (non-hydrogen) atoms. The van der Waals surface area contributed by atoms with Gasteiger partial charge >= 0.3 is 7.18 Å². The van der Waals surface area contributed by atoms with Crippen molar-refractivity contribution in [1.29, 1.82) is 0 Å². The van der Waals surface area contributed by atoms with Crippen molar-refractivity contribution in [1.82, 2.24) is 0 Å². The largest absolute Gasteiger partial charge is 0.752 e. The molecule has 1 aromatic heterocycles. The minimum Gasteiger partial charge on any atom is -0.407 e. The second kappa shape index (κ2) is 3.28. The predicted octanol–water partition coefficient (Wildman–Crippen LogP) is 1.36. The van der Waals surface area contributed by atoms with Gasteiger partial charge in [0.1, 0.15) is 0 Å². The smallest absolute Gasteiger partial charge is 0.407 e. The van der Waals surface area contributed by atoms with E-state index in [0.717, 1.165) is 4.73 Å². The maximum Gasteiger partial charge on any atom is 0.752 e. The lowest BCUT2D eigenvalue weighted by Gasteiger charge is -2.12. The van der Waals surface area contributed by atoms with Gasteiger partial charge in [-0.1, -0.05) is 0 Å². The summed E-state index contributed by atoms with van der Waals surface area (Å²) < 4.78 is 40.4. The first-order chi connectivity index (χ1) is 5.90. The Labute approximate surface area is 74.0 Å². The minimum absolute atomic E-state index is 0.416. The fraction of sp³-hybridized carbons (Fsp3) is 0.286. The van der Waals surface area contributed by atoms with E-state index < -0.39 is 7.18 Å². The van der Waals surface area contributed by atoms with Crippen molar-refractivity contribution < 1.29 is 22.4 Å². The van der Waals surface area contributed by atoms with Crippen molar-refractivity contribution in [3.63, 3.8) is 0 Å². The van der Waals surface area contributed by atoms with Gasteiger partial charge in [0.15, 0.2) is 0 Å². The van der Waals surface area contributed by atoms with Gasteiger partial charge in [-0.05, 0) is 10.8 Å². The highest BCUT2D eigenvalue weighted by Gasteiger charge is 2.35. The lowest BCUT2D eigenvalue weighted by molar-refractivity contribution is -0.876. The number of rotatable bonds is 2. The van der Waals surface area contributed by atoms with Gasteiger partial charge in [-0.15, -0.1) is 0 Å². The molecule has 0 radical (unpaired) electrons. The van der Waals surface area contributed by atoms with Gasteiger partial charge < -0.3 is 17.7 Å². The van der Waals surface area contributed by atoms with Crippen LogP contribution >= 0.6 is 0 Å². The third-order valence-electron chi connectivity index (χ3n) is 1.54. The van der Waals surface area contributed by atoms with Crippen molar-refractivity contribution in [3.8, 4) is 0 Å². The van der Waals surface area contributed by atoms with Crippen molar-refractivity contribution in [2.75, 3.05) is 0 Å². The Kier molecular flexibility index (Phi) is 2.49. The van der Waals surface area contributed by atoms with E-state index in [4.69, 9.17) is 0 Å². The molecule has 0 bridgehead atoms. The fourth-order valence-electron chi connectivity index (χ4n) is 1.03. The monoisotopic (exact) mass is 191 g/mol. The van der Waals surface area contributed by atoms with Gasteiger partial charge in [0.2, 0.25) is 11.4 Å². The summed E-state index contributed by atoms with van der Waals surface area (Å²) in [5.41, 5.74) is 0.832. The van der Waals surface area contributed by atoms with E-state index in [-0.39, 0.29) is 0 Å². The molecule has 0 saturated heterocycles. The number of hydrogen-bond donors (Lipinski definition) is 0. The summed E-state index contributed by atoms with van der Waals surface area (Å²) in [6.45, 7) is 3.10. The zero-order chi connectivity index (χ0) is 10.1. The van der Waals surface area contributed by atoms with Gasteiger partial charge in [-0.2, -0.15) is 0 Å². The molecular weight excluding hydrogens is 182 g/mol. The summed E-state index contributed by atoms with van der Waals surface area (Å²) in [6, 6.07) is 4.78. The van der Waals surface area contributed by atoms with Crippen LogP contribution in [0.2, 0.25) is 0 Å². The maximum atomic E-state index is 11.9. The quantitative estimate of drug-likeness (QED) is 0.508. The number of aromatic nitrogens is 1. The first-order valence-electron chi connectivity index (χ1n) is 3.76. The van der Waals surface area contributed by atoms with Crippen LogP contribution in [0.5, 0.6) is 0 Å². The molecule has 6 heteroatoms. The highest BCUT2D eigenvalue weighted by molar-refractivity contribution is 6.50. The Morgan fingerprint density at radius 3 is 2.00 bits per heavy atom. The van der Waals surface area contributed by atoms with Gasteiger partial charge in [-0.3, -0.25) is 0 Å². The molecule has 0 aromatic carbocycles. The molecule has 0 fully saturated rings. The Bertz CT molecular complexity index is 293. The number of halogens is 3. The summed E-state index contributed by atoms with van der Waals surface area (Å²) >= 11 is 0. The molecule has 0 spiro atoms. The summed E-state index contributed by atoms with van der Waals surface area (Å²) in [6.07, 6.45) is 0. The molecule has 0 atom stereocenters. The first kappa shape index (κ1) is 9.89. The van der Waals surface area contributed by atoms with Crippen LogP contribution < -0.4 is 9.49 Å². The normalized spacial score (nSPS) is 11.5. The lowest BCUT2D eigenvalue weighted by Crippen LogP contribution is -2.56. The van der Waals surface area contributed by atoms with Gasteiger partial charge in [0.25, 0.3) is 0 Å². The second-order valence-electron chi connectivity index (χ2n) is 2.72. The van der Waals surface area contributed by atoms with E-state index >= 15 is 0 Å². The van der Waals surface area contributed by atoms with Crippen molar-refractivity contribution in [2.24, 2.45) is 0 Å². The molecule has 0 unspecified atom stereocenters. The van der Waals surface area contributed by atoms with Crippen LogP contribution in [0.1, 0.15) is 11.4 Å². The maximum absolute atomic E-state index is 11.9. The number of aryl methyl sites for hydroxylation is 2. The van der Waals surface area contributed by atoms with E-state index in [1.54, 1.807) is 32.0 Å². The number of hydrogen-bond acceptors (Lipinski definition) is 1. The Hall–Kier alpha value is -1.20. The molecule has 0 N–H and O–H groups in total.